The van der Waals surface area contributed by atoms with Crippen LogP contribution in [0.5, 0.6) is 0 Å². The van der Waals surface area contributed by atoms with E-state index in [9.17, 15) is 22.0 Å². The van der Waals surface area contributed by atoms with Gasteiger partial charge >= 0.3 is 0 Å². The second kappa shape index (κ2) is 6.61. The Morgan fingerprint density at radius 1 is 0.520 bits per heavy atom. The molecule has 25 heavy (non-hydrogen) atoms. The molecule has 0 amide bonds. The minimum Gasteiger partial charge on any atom is -0.204 e. The highest BCUT2D eigenvalue weighted by molar-refractivity contribution is 7.40. The Labute approximate surface area is 146 Å². The summed E-state index contributed by atoms with van der Waals surface area (Å²) in [6, 6.07) is 15.8. The summed E-state index contributed by atoms with van der Waals surface area (Å²) < 4.78 is 70.0. The highest BCUT2D eigenvalue weighted by atomic mass is 35.6. The number of hydrogen-bond donors (Lipinski definition) is 0. The molecule has 0 heterocycles. The van der Waals surface area contributed by atoms with E-state index < -0.39 is 41.7 Å². The number of halogens is 6. The van der Waals surface area contributed by atoms with Gasteiger partial charge < -0.3 is 0 Å². The molecule has 3 aromatic rings. The van der Waals surface area contributed by atoms with Crippen LogP contribution >= 0.6 is 11.1 Å². The van der Waals surface area contributed by atoms with Gasteiger partial charge in [0.05, 0.1) is 0 Å². The molecular weight excluding hydrogens is 375 g/mol. The predicted octanol–water partition coefficient (Wildman–Crippen LogP) is 3.59. The van der Waals surface area contributed by atoms with Crippen LogP contribution in [0, 0.1) is 29.1 Å². The molecule has 0 spiro atoms. The van der Waals surface area contributed by atoms with Gasteiger partial charge in [-0.15, -0.1) is 11.1 Å². The van der Waals surface area contributed by atoms with E-state index in [1.165, 1.54) is 24.3 Å². The smallest absolute Gasteiger partial charge is 0.204 e. The van der Waals surface area contributed by atoms with Gasteiger partial charge in [0.2, 0.25) is 5.82 Å². The zero-order valence-corrected chi connectivity index (χ0v) is 14.3. The molecule has 0 unspecified atom stereocenters. The molecule has 0 radical (unpaired) electrons. The van der Waals surface area contributed by atoms with E-state index in [1.807, 2.05) is 0 Å². The fraction of sp³-hybridized carbons (Fsp3) is 0. The van der Waals surface area contributed by atoms with Crippen LogP contribution in [0.4, 0.5) is 22.0 Å². The first-order valence-electron chi connectivity index (χ1n) is 7.21. The molecule has 0 aromatic heterocycles. The van der Waals surface area contributed by atoms with Crippen LogP contribution in [0.25, 0.3) is 0 Å². The zero-order valence-electron chi connectivity index (χ0n) is 12.5. The Bertz CT molecular complexity index is 847. The lowest BCUT2D eigenvalue weighted by Gasteiger charge is -2.27. The molecule has 0 N–H and O–H groups in total. The van der Waals surface area contributed by atoms with Crippen molar-refractivity contribution in [3.05, 3.63) is 89.7 Å². The van der Waals surface area contributed by atoms with Crippen molar-refractivity contribution in [2.24, 2.45) is 0 Å². The summed E-state index contributed by atoms with van der Waals surface area (Å²) in [7, 11) is -3.98. The van der Waals surface area contributed by atoms with Crippen molar-refractivity contribution in [3.63, 3.8) is 0 Å². The average molecular weight is 385 g/mol. The second-order valence-corrected chi connectivity index (χ2v) is 10.0. The Balaban J connectivity index is 2.44. The molecule has 0 bridgehead atoms. The first kappa shape index (κ1) is 17.6. The Morgan fingerprint density at radius 3 is 1.20 bits per heavy atom. The molecule has 0 saturated heterocycles. The minimum atomic E-state index is -3.98. The Kier molecular flexibility index (Phi) is 4.66. The molecule has 7 heteroatoms. The Morgan fingerprint density at radius 2 is 0.840 bits per heavy atom. The molecule has 3 rings (SSSR count). The third-order valence-electron chi connectivity index (χ3n) is 3.90. The van der Waals surface area contributed by atoms with Crippen molar-refractivity contribution in [1.29, 1.82) is 0 Å². The highest BCUT2D eigenvalue weighted by Crippen LogP contribution is 2.22. The van der Waals surface area contributed by atoms with Crippen molar-refractivity contribution < 1.29 is 22.0 Å². The van der Waals surface area contributed by atoms with Crippen LogP contribution in [0.3, 0.4) is 0 Å². The van der Waals surface area contributed by atoms with Crippen molar-refractivity contribution in [2.75, 3.05) is 0 Å². The van der Waals surface area contributed by atoms with Crippen molar-refractivity contribution in [1.82, 2.24) is 0 Å². The monoisotopic (exact) mass is 384 g/mol. The first-order valence-corrected chi connectivity index (χ1v) is 10.2. The molecule has 0 saturated carbocycles. The van der Waals surface area contributed by atoms with Crippen LogP contribution in [0.2, 0.25) is 0 Å². The van der Waals surface area contributed by atoms with E-state index in [0.29, 0.717) is 10.4 Å². The molecule has 0 aliphatic carbocycles. The summed E-state index contributed by atoms with van der Waals surface area (Å²) in [5.74, 6) is -10.00. The third-order valence-corrected chi connectivity index (χ3v) is 9.16. The van der Waals surface area contributed by atoms with Crippen LogP contribution in [-0.4, -0.2) is 7.38 Å². The van der Waals surface area contributed by atoms with Gasteiger partial charge in [0, 0.05) is 5.19 Å². The summed E-state index contributed by atoms with van der Waals surface area (Å²) in [6.45, 7) is 0. The van der Waals surface area contributed by atoms with E-state index >= 15 is 0 Å². The normalized spacial score (nSPS) is 11.6. The van der Waals surface area contributed by atoms with Crippen LogP contribution < -0.4 is 15.6 Å². The van der Waals surface area contributed by atoms with E-state index in [2.05, 4.69) is 0 Å². The van der Waals surface area contributed by atoms with Crippen molar-refractivity contribution >= 4 is 34.0 Å². The third kappa shape index (κ3) is 2.75. The molecular formula is C18H10ClF5Si. The van der Waals surface area contributed by atoms with E-state index in [4.69, 9.17) is 11.1 Å². The van der Waals surface area contributed by atoms with Crippen LogP contribution in [0.1, 0.15) is 0 Å². The lowest BCUT2D eigenvalue weighted by Crippen LogP contribution is -2.65. The molecule has 0 fully saturated rings. The fourth-order valence-corrected chi connectivity index (χ4v) is 6.99. The summed E-state index contributed by atoms with van der Waals surface area (Å²) in [5.41, 5.74) is 0. The molecule has 0 nitrogen and oxygen atoms in total. The van der Waals surface area contributed by atoms with Crippen molar-refractivity contribution in [3.8, 4) is 0 Å². The summed E-state index contributed by atoms with van der Waals surface area (Å²) in [5, 5.41) is -0.347. The number of benzene rings is 3. The van der Waals surface area contributed by atoms with Gasteiger partial charge in [-0.1, -0.05) is 60.7 Å². The standard InChI is InChI=1S/C18H10ClF5Si/c19-25(11-7-3-1-4-8-11,12-9-5-2-6-10-12)18-16(23)14(21)13(20)15(22)17(18)24/h1-10H. The lowest BCUT2D eigenvalue weighted by atomic mass is 10.3. The number of rotatable bonds is 3. The topological polar surface area (TPSA) is 0 Å². The van der Waals surface area contributed by atoms with Gasteiger partial charge in [0.1, 0.15) is 0 Å². The van der Waals surface area contributed by atoms with Gasteiger partial charge in [-0.2, -0.15) is 0 Å². The zero-order chi connectivity index (χ0) is 18.2. The molecule has 0 aliphatic rings. The van der Waals surface area contributed by atoms with E-state index in [1.54, 1.807) is 36.4 Å². The second-order valence-electron chi connectivity index (χ2n) is 5.34. The SMILES string of the molecule is Fc1c(F)c(F)c([Si](Cl)(c2ccccc2)c2ccccc2)c(F)c1F. The molecule has 0 atom stereocenters. The maximum atomic E-state index is 14.5. The van der Waals surface area contributed by atoms with E-state index in [-0.39, 0.29) is 0 Å². The van der Waals surface area contributed by atoms with Gasteiger partial charge in [-0.3, -0.25) is 0 Å². The lowest BCUT2D eigenvalue weighted by molar-refractivity contribution is 0.384. The fourth-order valence-electron chi connectivity index (χ4n) is 2.70. The van der Waals surface area contributed by atoms with Gasteiger partial charge in [-0.25, -0.2) is 22.0 Å². The maximum Gasteiger partial charge on any atom is 0.254 e. The molecule has 128 valence electrons. The van der Waals surface area contributed by atoms with Crippen LogP contribution in [0.15, 0.2) is 60.7 Å². The molecule has 3 aromatic carbocycles. The van der Waals surface area contributed by atoms with Crippen LogP contribution in [-0.2, 0) is 0 Å². The minimum absolute atomic E-state index is 0.311. The summed E-state index contributed by atoms with van der Waals surface area (Å²) >= 11 is 6.73. The number of hydrogen-bond acceptors (Lipinski definition) is 0. The average Bonchev–Trinajstić information content (AvgIpc) is 2.66. The van der Waals surface area contributed by atoms with Gasteiger partial charge in [0.25, 0.3) is 7.38 Å². The van der Waals surface area contributed by atoms with Gasteiger partial charge in [-0.05, 0) is 10.4 Å². The maximum absolute atomic E-state index is 14.5. The summed E-state index contributed by atoms with van der Waals surface area (Å²) in [4.78, 5) is 0. The summed E-state index contributed by atoms with van der Waals surface area (Å²) in [6.07, 6.45) is 0. The van der Waals surface area contributed by atoms with E-state index in [0.717, 1.165) is 0 Å². The first-order chi connectivity index (χ1) is 11.9. The van der Waals surface area contributed by atoms with Gasteiger partial charge in [0.15, 0.2) is 23.3 Å². The molecule has 0 aliphatic heterocycles. The quantitative estimate of drug-likeness (QED) is 0.162. The van der Waals surface area contributed by atoms with Crippen molar-refractivity contribution in [2.45, 2.75) is 0 Å². The highest BCUT2D eigenvalue weighted by Gasteiger charge is 2.45. The Hall–Kier alpha value is -2.18. The largest absolute Gasteiger partial charge is 0.254 e. The predicted molar refractivity (Wildman–Crippen MR) is 89.6 cm³/mol.